The quantitative estimate of drug-likeness (QED) is 0.510. The zero-order chi connectivity index (χ0) is 17.5. The maximum absolute atomic E-state index is 13.0. The van der Waals surface area contributed by atoms with Crippen molar-refractivity contribution in [3.8, 4) is 0 Å². The molecule has 2 atom stereocenters. The molecule has 0 heterocycles. The van der Waals surface area contributed by atoms with Crippen LogP contribution in [0.5, 0.6) is 0 Å². The Morgan fingerprint density at radius 3 is 2.22 bits per heavy atom. The van der Waals surface area contributed by atoms with Crippen LogP contribution >= 0.6 is 19.2 Å². The lowest BCUT2D eigenvalue weighted by Gasteiger charge is -2.31. The van der Waals surface area contributed by atoms with Crippen molar-refractivity contribution in [2.45, 2.75) is 24.9 Å². The molecule has 0 spiro atoms. The van der Waals surface area contributed by atoms with Gasteiger partial charge in [-0.2, -0.15) is 0 Å². The van der Waals surface area contributed by atoms with Crippen LogP contribution in [0.15, 0.2) is 41.4 Å². The smallest absolute Gasteiger partial charge is 0.337 e. The fraction of sp³-hybridized carbons (Fsp3) is 0.438. The number of allylic oxidation sites excluding steroid dienone is 1. The molecule has 0 saturated carbocycles. The van der Waals surface area contributed by atoms with Gasteiger partial charge >= 0.3 is 13.6 Å². The minimum atomic E-state index is -3.51. The van der Waals surface area contributed by atoms with Gasteiger partial charge in [-0.25, -0.2) is 0 Å². The summed E-state index contributed by atoms with van der Waals surface area (Å²) in [6, 6.07) is 9.28. The van der Waals surface area contributed by atoms with Crippen LogP contribution in [0.1, 0.15) is 24.8 Å². The van der Waals surface area contributed by atoms with Crippen LogP contribution in [-0.2, 0) is 23.1 Å². The summed E-state index contributed by atoms with van der Waals surface area (Å²) in [6.07, 6.45) is 0.0317. The van der Waals surface area contributed by atoms with Gasteiger partial charge in [0.15, 0.2) is 0 Å². The van der Waals surface area contributed by atoms with Crippen molar-refractivity contribution in [2.24, 2.45) is 0 Å². The van der Waals surface area contributed by atoms with Gasteiger partial charge in [0, 0.05) is 25.7 Å². The monoisotopic (exact) mass is 360 g/mol. The first kappa shape index (κ1) is 19.9. The Morgan fingerprint density at radius 1 is 1.22 bits per heavy atom. The second-order valence-corrected chi connectivity index (χ2v) is 7.58. The Bertz CT molecular complexity index is 579. The van der Waals surface area contributed by atoms with Gasteiger partial charge < -0.3 is 13.8 Å². The van der Waals surface area contributed by atoms with Crippen LogP contribution in [0.3, 0.4) is 0 Å². The maximum atomic E-state index is 13.0. The first-order chi connectivity index (χ1) is 10.9. The van der Waals surface area contributed by atoms with E-state index in [1.165, 1.54) is 26.9 Å². The molecule has 1 rings (SSSR count). The molecule has 0 bridgehead atoms. The number of esters is 1. The second-order valence-electron chi connectivity index (χ2n) is 5.00. The summed E-state index contributed by atoms with van der Waals surface area (Å²) in [5.74, 6) is -0.866. The molecule has 1 aromatic carbocycles. The molecule has 7 heteroatoms. The standard InChI is InChI=1S/C16H22ClO5P/c1-12(11-17)16(23(19,21-3)22-4)14(10-15(18)20-2)13-8-6-5-7-9-13/h5-9,11,14,16H,10H2,1-4H3/b12-11+. The number of hydrogen-bond acceptors (Lipinski definition) is 5. The average Bonchev–Trinajstić information content (AvgIpc) is 2.60. The first-order valence-electron chi connectivity index (χ1n) is 7.03. The summed E-state index contributed by atoms with van der Waals surface area (Å²) in [7, 11) is 0.439. The molecule has 0 radical (unpaired) electrons. The third-order valence-corrected chi connectivity index (χ3v) is 6.52. The van der Waals surface area contributed by atoms with Crippen LogP contribution in [0.2, 0.25) is 0 Å². The van der Waals surface area contributed by atoms with E-state index in [0.717, 1.165) is 5.56 Å². The summed E-state index contributed by atoms with van der Waals surface area (Å²) < 4.78 is 28.2. The number of halogens is 1. The highest BCUT2D eigenvalue weighted by atomic mass is 35.5. The SMILES string of the molecule is COC(=O)CC(c1ccccc1)C(/C(C)=C/Cl)P(=O)(OC)OC. The highest BCUT2D eigenvalue weighted by molar-refractivity contribution is 7.55. The predicted octanol–water partition coefficient (Wildman–Crippen LogP) is 4.33. The van der Waals surface area contributed by atoms with Crippen molar-refractivity contribution in [1.82, 2.24) is 0 Å². The zero-order valence-electron chi connectivity index (χ0n) is 13.7. The minimum Gasteiger partial charge on any atom is -0.469 e. The molecular formula is C16H22ClO5P. The van der Waals surface area contributed by atoms with Gasteiger partial charge in [-0.05, 0) is 18.1 Å². The molecule has 0 aromatic heterocycles. The van der Waals surface area contributed by atoms with Crippen molar-refractivity contribution in [1.29, 1.82) is 0 Å². The molecule has 23 heavy (non-hydrogen) atoms. The topological polar surface area (TPSA) is 61.8 Å². The number of methoxy groups -OCH3 is 1. The first-order valence-corrected chi connectivity index (χ1v) is 9.08. The van der Waals surface area contributed by atoms with Crippen molar-refractivity contribution >= 4 is 25.2 Å². The fourth-order valence-electron chi connectivity index (χ4n) is 2.53. The number of benzene rings is 1. The number of carbonyl (C=O) groups is 1. The van der Waals surface area contributed by atoms with Crippen LogP contribution in [0.25, 0.3) is 0 Å². The van der Waals surface area contributed by atoms with E-state index >= 15 is 0 Å². The van der Waals surface area contributed by atoms with Crippen molar-refractivity contribution in [3.63, 3.8) is 0 Å². The van der Waals surface area contributed by atoms with E-state index in [0.29, 0.717) is 5.57 Å². The number of hydrogen-bond donors (Lipinski definition) is 0. The molecule has 0 N–H and O–H groups in total. The Kier molecular flexibility index (Phi) is 8.00. The Hall–Kier alpha value is -1.13. The third kappa shape index (κ3) is 4.92. The molecule has 128 valence electrons. The van der Waals surface area contributed by atoms with E-state index in [9.17, 15) is 9.36 Å². The van der Waals surface area contributed by atoms with Crippen LogP contribution in [0, 0.1) is 0 Å². The van der Waals surface area contributed by atoms with Crippen molar-refractivity contribution in [2.75, 3.05) is 21.3 Å². The lowest BCUT2D eigenvalue weighted by atomic mass is 9.89. The minimum absolute atomic E-state index is 0.0317. The van der Waals surface area contributed by atoms with Crippen molar-refractivity contribution in [3.05, 3.63) is 47.0 Å². The van der Waals surface area contributed by atoms with Gasteiger partial charge in [0.05, 0.1) is 19.2 Å². The molecule has 5 nitrogen and oxygen atoms in total. The molecular weight excluding hydrogens is 339 g/mol. The third-order valence-electron chi connectivity index (χ3n) is 3.71. The van der Waals surface area contributed by atoms with Gasteiger partial charge in [-0.15, -0.1) is 0 Å². The van der Waals surface area contributed by atoms with Gasteiger partial charge in [-0.1, -0.05) is 41.9 Å². The van der Waals surface area contributed by atoms with Gasteiger partial charge in [0.2, 0.25) is 0 Å². The largest absolute Gasteiger partial charge is 0.469 e. The maximum Gasteiger partial charge on any atom is 0.337 e. The summed E-state index contributed by atoms with van der Waals surface area (Å²) in [5.41, 5.74) is 2.07. The zero-order valence-corrected chi connectivity index (χ0v) is 15.3. The second kappa shape index (κ2) is 9.24. The molecule has 0 aliphatic heterocycles. The molecule has 0 aliphatic rings. The number of rotatable bonds is 8. The van der Waals surface area contributed by atoms with Gasteiger partial charge in [0.1, 0.15) is 0 Å². The van der Waals surface area contributed by atoms with Crippen LogP contribution < -0.4 is 0 Å². The van der Waals surface area contributed by atoms with Crippen LogP contribution in [-0.4, -0.2) is 33.0 Å². The normalized spacial score (nSPS) is 15.1. The summed E-state index contributed by atoms with van der Waals surface area (Å²) in [5, 5.41) is 0. The van der Waals surface area contributed by atoms with Gasteiger partial charge in [0.25, 0.3) is 0 Å². The van der Waals surface area contributed by atoms with Gasteiger partial charge in [-0.3, -0.25) is 9.36 Å². The number of ether oxygens (including phenoxy) is 1. The molecule has 0 aliphatic carbocycles. The predicted molar refractivity (Wildman–Crippen MR) is 90.8 cm³/mol. The molecule has 1 aromatic rings. The number of carbonyl (C=O) groups excluding carboxylic acids is 1. The molecule has 0 saturated heterocycles. The highest BCUT2D eigenvalue weighted by Crippen LogP contribution is 2.59. The molecule has 0 fully saturated rings. The molecule has 2 unspecified atom stereocenters. The van der Waals surface area contributed by atoms with E-state index < -0.39 is 25.1 Å². The summed E-state index contributed by atoms with van der Waals surface area (Å²) in [4.78, 5) is 11.9. The Labute approximate surface area is 142 Å². The Morgan fingerprint density at radius 2 is 1.78 bits per heavy atom. The fourth-order valence-corrected chi connectivity index (χ4v) is 4.65. The van der Waals surface area contributed by atoms with E-state index in [1.54, 1.807) is 6.92 Å². The summed E-state index contributed by atoms with van der Waals surface area (Å²) >= 11 is 5.86. The highest BCUT2D eigenvalue weighted by Gasteiger charge is 2.42. The lowest BCUT2D eigenvalue weighted by molar-refractivity contribution is -0.141. The van der Waals surface area contributed by atoms with E-state index in [4.69, 9.17) is 25.4 Å². The Balaban J connectivity index is 3.44. The molecule has 0 amide bonds. The van der Waals surface area contributed by atoms with E-state index in [1.807, 2.05) is 30.3 Å². The summed E-state index contributed by atoms with van der Waals surface area (Å²) in [6.45, 7) is 1.73. The van der Waals surface area contributed by atoms with Crippen molar-refractivity contribution < 1.29 is 23.1 Å². The van der Waals surface area contributed by atoms with Crippen LogP contribution in [0.4, 0.5) is 0 Å². The lowest BCUT2D eigenvalue weighted by Crippen LogP contribution is -2.25. The van der Waals surface area contributed by atoms with E-state index in [-0.39, 0.29) is 6.42 Å². The van der Waals surface area contributed by atoms with E-state index in [2.05, 4.69) is 0 Å². The average molecular weight is 361 g/mol.